The molecule has 4 heteroatoms. The van der Waals surface area contributed by atoms with Gasteiger partial charge in [0.2, 0.25) is 5.91 Å². The molecule has 2 rings (SSSR count). The standard InChI is InChI=1S/C15H11ClFNO/c16-12-4-1-11(2-5-12)3-10-15(19)18-14-8-6-13(17)7-9-14/h1-10H,(H,18,19). The maximum Gasteiger partial charge on any atom is 0.248 e. The van der Waals surface area contributed by atoms with E-state index in [9.17, 15) is 9.18 Å². The quantitative estimate of drug-likeness (QED) is 0.839. The highest BCUT2D eigenvalue weighted by Crippen LogP contribution is 2.11. The maximum absolute atomic E-state index is 12.7. The van der Waals surface area contributed by atoms with Gasteiger partial charge in [-0.15, -0.1) is 0 Å². The van der Waals surface area contributed by atoms with E-state index >= 15 is 0 Å². The summed E-state index contributed by atoms with van der Waals surface area (Å²) in [5.74, 6) is -0.615. The summed E-state index contributed by atoms with van der Waals surface area (Å²) in [4.78, 5) is 11.6. The van der Waals surface area contributed by atoms with E-state index in [1.165, 1.54) is 30.3 Å². The lowest BCUT2D eigenvalue weighted by Crippen LogP contribution is -2.07. The zero-order valence-electron chi connectivity index (χ0n) is 9.94. The smallest absolute Gasteiger partial charge is 0.248 e. The Bertz CT molecular complexity index is 591. The molecular weight excluding hydrogens is 265 g/mol. The minimum Gasteiger partial charge on any atom is -0.323 e. The van der Waals surface area contributed by atoms with Gasteiger partial charge in [-0.2, -0.15) is 0 Å². The lowest BCUT2D eigenvalue weighted by molar-refractivity contribution is -0.111. The summed E-state index contributed by atoms with van der Waals surface area (Å²) in [6, 6.07) is 12.7. The molecule has 2 aromatic rings. The zero-order chi connectivity index (χ0) is 13.7. The molecule has 2 aromatic carbocycles. The third-order valence-corrected chi connectivity index (χ3v) is 2.66. The number of carbonyl (C=O) groups excluding carboxylic acids is 1. The molecule has 0 atom stereocenters. The number of amides is 1. The fraction of sp³-hybridized carbons (Fsp3) is 0. The number of anilines is 1. The van der Waals surface area contributed by atoms with Crippen molar-refractivity contribution in [2.45, 2.75) is 0 Å². The van der Waals surface area contributed by atoms with E-state index in [1.807, 2.05) is 12.1 Å². The van der Waals surface area contributed by atoms with Gasteiger partial charge in [0.05, 0.1) is 0 Å². The minimum atomic E-state index is -0.338. The van der Waals surface area contributed by atoms with Crippen LogP contribution in [-0.4, -0.2) is 5.91 Å². The maximum atomic E-state index is 12.7. The Hall–Kier alpha value is -2.13. The normalized spacial score (nSPS) is 10.6. The Morgan fingerprint density at radius 2 is 1.68 bits per heavy atom. The van der Waals surface area contributed by atoms with Gasteiger partial charge in [0.15, 0.2) is 0 Å². The molecule has 0 heterocycles. The van der Waals surface area contributed by atoms with Crippen LogP contribution in [0.15, 0.2) is 54.6 Å². The van der Waals surface area contributed by atoms with E-state index in [2.05, 4.69) is 5.32 Å². The first-order chi connectivity index (χ1) is 9.13. The molecule has 1 N–H and O–H groups in total. The second-order valence-electron chi connectivity index (χ2n) is 3.88. The Balaban J connectivity index is 1.97. The highest BCUT2D eigenvalue weighted by Gasteiger charge is 1.98. The molecule has 0 fully saturated rings. The first-order valence-corrected chi connectivity index (χ1v) is 6.01. The van der Waals surface area contributed by atoms with E-state index in [4.69, 9.17) is 11.6 Å². The van der Waals surface area contributed by atoms with Gasteiger partial charge in [0, 0.05) is 16.8 Å². The average molecular weight is 276 g/mol. The van der Waals surface area contributed by atoms with Crippen molar-refractivity contribution in [1.29, 1.82) is 0 Å². The molecule has 19 heavy (non-hydrogen) atoms. The van der Waals surface area contributed by atoms with Gasteiger partial charge in [-0.25, -0.2) is 4.39 Å². The molecule has 0 spiro atoms. The van der Waals surface area contributed by atoms with Crippen molar-refractivity contribution in [1.82, 2.24) is 0 Å². The van der Waals surface area contributed by atoms with Crippen LogP contribution in [0.5, 0.6) is 0 Å². The number of halogens is 2. The first kappa shape index (κ1) is 13.3. The Morgan fingerprint density at radius 3 is 2.32 bits per heavy atom. The van der Waals surface area contributed by atoms with Gasteiger partial charge < -0.3 is 5.32 Å². The molecule has 0 saturated heterocycles. The van der Waals surface area contributed by atoms with Gasteiger partial charge >= 0.3 is 0 Å². The van der Waals surface area contributed by atoms with Crippen LogP contribution in [0.4, 0.5) is 10.1 Å². The summed E-state index contributed by atoms with van der Waals surface area (Å²) >= 11 is 5.76. The second-order valence-corrected chi connectivity index (χ2v) is 4.32. The third kappa shape index (κ3) is 4.23. The van der Waals surface area contributed by atoms with Crippen LogP contribution in [0.2, 0.25) is 5.02 Å². The Labute approximate surface area is 115 Å². The number of carbonyl (C=O) groups is 1. The molecule has 0 unspecified atom stereocenters. The van der Waals surface area contributed by atoms with Gasteiger partial charge in [-0.1, -0.05) is 23.7 Å². The van der Waals surface area contributed by atoms with Crippen molar-refractivity contribution in [2.24, 2.45) is 0 Å². The van der Waals surface area contributed by atoms with Crippen molar-refractivity contribution >= 4 is 29.3 Å². The predicted octanol–water partition coefficient (Wildman–Crippen LogP) is 4.13. The van der Waals surface area contributed by atoms with E-state index in [0.717, 1.165) is 5.56 Å². The van der Waals surface area contributed by atoms with Crippen molar-refractivity contribution in [3.63, 3.8) is 0 Å². The summed E-state index contributed by atoms with van der Waals surface area (Å²) in [5, 5.41) is 3.28. The van der Waals surface area contributed by atoms with Gasteiger partial charge in [0.25, 0.3) is 0 Å². The summed E-state index contributed by atoms with van der Waals surface area (Å²) in [7, 11) is 0. The second kappa shape index (κ2) is 6.16. The van der Waals surface area contributed by atoms with Gasteiger partial charge in [0.1, 0.15) is 5.82 Å². The minimum absolute atomic E-state index is 0.276. The zero-order valence-corrected chi connectivity index (χ0v) is 10.7. The number of hydrogen-bond acceptors (Lipinski definition) is 1. The molecule has 0 aromatic heterocycles. The monoisotopic (exact) mass is 275 g/mol. The molecule has 0 aliphatic carbocycles. The molecule has 0 aliphatic rings. The molecule has 0 saturated carbocycles. The van der Waals surface area contributed by atoms with Crippen LogP contribution in [0, 0.1) is 5.82 Å². The Morgan fingerprint density at radius 1 is 1.05 bits per heavy atom. The van der Waals surface area contributed by atoms with Crippen LogP contribution in [0.3, 0.4) is 0 Å². The topological polar surface area (TPSA) is 29.1 Å². The average Bonchev–Trinajstić information content (AvgIpc) is 2.41. The van der Waals surface area contributed by atoms with Gasteiger partial charge in [-0.05, 0) is 48.0 Å². The lowest BCUT2D eigenvalue weighted by atomic mass is 10.2. The number of benzene rings is 2. The summed E-state index contributed by atoms with van der Waals surface area (Å²) < 4.78 is 12.7. The summed E-state index contributed by atoms with van der Waals surface area (Å²) in [6.07, 6.45) is 3.09. The van der Waals surface area contributed by atoms with Crippen LogP contribution < -0.4 is 5.32 Å². The van der Waals surface area contributed by atoms with E-state index in [1.54, 1.807) is 18.2 Å². The lowest BCUT2D eigenvalue weighted by Gasteiger charge is -2.01. The first-order valence-electron chi connectivity index (χ1n) is 5.64. The van der Waals surface area contributed by atoms with Crippen LogP contribution in [0.1, 0.15) is 5.56 Å². The van der Waals surface area contributed by atoms with Crippen molar-refractivity contribution < 1.29 is 9.18 Å². The van der Waals surface area contributed by atoms with E-state index in [-0.39, 0.29) is 11.7 Å². The number of rotatable bonds is 3. The largest absolute Gasteiger partial charge is 0.323 e. The fourth-order valence-electron chi connectivity index (χ4n) is 1.46. The number of nitrogens with one attached hydrogen (secondary N) is 1. The number of hydrogen-bond donors (Lipinski definition) is 1. The highest BCUT2D eigenvalue weighted by molar-refractivity contribution is 6.30. The molecule has 1 amide bonds. The fourth-order valence-corrected chi connectivity index (χ4v) is 1.59. The molecule has 96 valence electrons. The summed E-state index contributed by atoms with van der Waals surface area (Å²) in [6.45, 7) is 0. The van der Waals surface area contributed by atoms with Crippen molar-refractivity contribution in [3.05, 3.63) is 71.0 Å². The molecular formula is C15H11ClFNO. The van der Waals surface area contributed by atoms with Crippen molar-refractivity contribution in [3.8, 4) is 0 Å². The highest BCUT2D eigenvalue weighted by atomic mass is 35.5. The molecule has 2 nitrogen and oxygen atoms in total. The van der Waals surface area contributed by atoms with Crippen LogP contribution in [-0.2, 0) is 4.79 Å². The Kier molecular flexibility index (Phi) is 4.31. The predicted molar refractivity (Wildman–Crippen MR) is 75.5 cm³/mol. The summed E-state index contributed by atoms with van der Waals surface area (Å²) in [5.41, 5.74) is 1.42. The van der Waals surface area contributed by atoms with Crippen LogP contribution >= 0.6 is 11.6 Å². The van der Waals surface area contributed by atoms with Crippen LogP contribution in [0.25, 0.3) is 6.08 Å². The third-order valence-electron chi connectivity index (χ3n) is 2.41. The van der Waals surface area contributed by atoms with E-state index < -0.39 is 0 Å². The molecule has 0 bridgehead atoms. The van der Waals surface area contributed by atoms with E-state index in [0.29, 0.717) is 10.7 Å². The molecule has 0 aliphatic heterocycles. The van der Waals surface area contributed by atoms with Gasteiger partial charge in [-0.3, -0.25) is 4.79 Å². The molecule has 0 radical (unpaired) electrons. The SMILES string of the molecule is O=C(C=Cc1ccc(Cl)cc1)Nc1ccc(F)cc1. The van der Waals surface area contributed by atoms with Crippen molar-refractivity contribution in [2.75, 3.05) is 5.32 Å².